The smallest absolute Gasteiger partial charge is 0.320 e. The number of carbonyl (C=O) groups excluding carboxylic acids is 2. The second kappa shape index (κ2) is 7.21. The van der Waals surface area contributed by atoms with Gasteiger partial charge in [-0.25, -0.2) is 4.79 Å². The van der Waals surface area contributed by atoms with Crippen molar-refractivity contribution in [1.29, 1.82) is 0 Å². The highest BCUT2D eigenvalue weighted by molar-refractivity contribution is 5.76. The molecule has 0 aliphatic carbocycles. The lowest BCUT2D eigenvalue weighted by Gasteiger charge is -2.38. The zero-order chi connectivity index (χ0) is 18.0. The van der Waals surface area contributed by atoms with Crippen molar-refractivity contribution < 1.29 is 19.1 Å². The van der Waals surface area contributed by atoms with E-state index in [1.807, 2.05) is 21.9 Å². The molecule has 0 aromatic heterocycles. The molecule has 0 saturated carbocycles. The van der Waals surface area contributed by atoms with Gasteiger partial charge in [0.05, 0.1) is 14.2 Å². The van der Waals surface area contributed by atoms with E-state index in [1.54, 1.807) is 26.0 Å². The van der Waals surface area contributed by atoms with Crippen LogP contribution < -0.4 is 9.47 Å². The monoisotopic (exact) mass is 347 g/mol. The highest BCUT2D eigenvalue weighted by atomic mass is 16.5. The summed E-state index contributed by atoms with van der Waals surface area (Å²) in [6.45, 7) is 5.23. The van der Waals surface area contributed by atoms with E-state index in [-0.39, 0.29) is 11.9 Å². The first-order chi connectivity index (χ1) is 12.0. The summed E-state index contributed by atoms with van der Waals surface area (Å²) in [5.74, 6) is 1.48. The van der Waals surface area contributed by atoms with Crippen LogP contribution in [0.15, 0.2) is 12.1 Å². The first-order valence-electron chi connectivity index (χ1n) is 8.56. The SMILES string of the molecule is COc1cc2c(cc1OC)CN(C(=O)N1CCN(C(C)=O)CC1)CC2. The molecule has 0 unspecified atom stereocenters. The molecular formula is C18H25N3O4. The molecule has 0 radical (unpaired) electrons. The fourth-order valence-electron chi connectivity index (χ4n) is 3.46. The fraction of sp³-hybridized carbons (Fsp3) is 0.556. The Labute approximate surface area is 148 Å². The quantitative estimate of drug-likeness (QED) is 0.810. The number of carbonyl (C=O) groups is 2. The maximum Gasteiger partial charge on any atom is 0.320 e. The predicted octanol–water partition coefficient (Wildman–Crippen LogP) is 1.35. The van der Waals surface area contributed by atoms with Gasteiger partial charge in [-0.15, -0.1) is 0 Å². The van der Waals surface area contributed by atoms with Gasteiger partial charge in [-0.3, -0.25) is 4.79 Å². The van der Waals surface area contributed by atoms with Crippen molar-refractivity contribution in [2.75, 3.05) is 46.9 Å². The molecule has 0 atom stereocenters. The number of urea groups is 1. The minimum absolute atomic E-state index is 0.0450. The van der Waals surface area contributed by atoms with Crippen LogP contribution in [0.25, 0.3) is 0 Å². The molecule has 1 aromatic rings. The summed E-state index contributed by atoms with van der Waals surface area (Å²) < 4.78 is 10.7. The van der Waals surface area contributed by atoms with Gasteiger partial charge in [0.15, 0.2) is 11.5 Å². The lowest BCUT2D eigenvalue weighted by Crippen LogP contribution is -2.54. The standard InChI is InChI=1S/C18H25N3O4/c1-13(22)19-6-8-20(9-7-19)18(23)21-5-4-14-10-16(24-2)17(25-3)11-15(14)12-21/h10-11H,4-9,12H2,1-3H3. The van der Waals surface area contributed by atoms with Crippen LogP contribution >= 0.6 is 0 Å². The van der Waals surface area contributed by atoms with Gasteiger partial charge in [0.1, 0.15) is 0 Å². The first-order valence-corrected chi connectivity index (χ1v) is 8.56. The molecule has 1 saturated heterocycles. The summed E-state index contributed by atoms with van der Waals surface area (Å²) >= 11 is 0. The zero-order valence-corrected chi connectivity index (χ0v) is 15.1. The summed E-state index contributed by atoms with van der Waals surface area (Å²) in [5, 5.41) is 0. The lowest BCUT2D eigenvalue weighted by atomic mass is 9.99. The van der Waals surface area contributed by atoms with Gasteiger partial charge >= 0.3 is 6.03 Å². The van der Waals surface area contributed by atoms with Crippen molar-refractivity contribution >= 4 is 11.9 Å². The Hall–Kier alpha value is -2.44. The van der Waals surface area contributed by atoms with E-state index in [1.165, 1.54) is 5.56 Å². The molecule has 136 valence electrons. The van der Waals surface area contributed by atoms with Crippen molar-refractivity contribution in [3.63, 3.8) is 0 Å². The summed E-state index contributed by atoms with van der Waals surface area (Å²) in [7, 11) is 3.24. The van der Waals surface area contributed by atoms with E-state index in [2.05, 4.69) is 0 Å². The Morgan fingerprint density at radius 2 is 1.40 bits per heavy atom. The van der Waals surface area contributed by atoms with Crippen LogP contribution in [-0.4, -0.2) is 73.6 Å². The molecule has 2 heterocycles. The van der Waals surface area contributed by atoms with Crippen molar-refractivity contribution in [1.82, 2.24) is 14.7 Å². The highest BCUT2D eigenvalue weighted by Crippen LogP contribution is 2.33. The van der Waals surface area contributed by atoms with Crippen LogP contribution in [0.4, 0.5) is 4.79 Å². The first kappa shape index (κ1) is 17.4. The predicted molar refractivity (Wildman–Crippen MR) is 92.9 cm³/mol. The number of methoxy groups -OCH3 is 2. The molecule has 1 fully saturated rings. The van der Waals surface area contributed by atoms with Crippen molar-refractivity contribution in [2.45, 2.75) is 19.9 Å². The highest BCUT2D eigenvalue weighted by Gasteiger charge is 2.29. The Morgan fingerprint density at radius 3 is 1.96 bits per heavy atom. The molecule has 1 aromatic carbocycles. The van der Waals surface area contributed by atoms with Crippen molar-refractivity contribution in [2.24, 2.45) is 0 Å². The minimum atomic E-state index is 0.0450. The number of nitrogens with zero attached hydrogens (tertiary/aromatic N) is 3. The second-order valence-corrected chi connectivity index (χ2v) is 6.42. The number of benzene rings is 1. The molecule has 3 rings (SSSR count). The third-order valence-corrected chi connectivity index (χ3v) is 4.98. The number of rotatable bonds is 2. The molecule has 7 heteroatoms. The van der Waals surface area contributed by atoms with E-state index in [0.29, 0.717) is 45.0 Å². The van der Waals surface area contributed by atoms with Crippen molar-refractivity contribution in [3.05, 3.63) is 23.3 Å². The summed E-state index contributed by atoms with van der Waals surface area (Å²) in [4.78, 5) is 29.7. The van der Waals surface area contributed by atoms with E-state index in [4.69, 9.17) is 9.47 Å². The van der Waals surface area contributed by atoms with E-state index >= 15 is 0 Å². The molecule has 0 spiro atoms. The third-order valence-electron chi connectivity index (χ3n) is 4.98. The van der Waals surface area contributed by atoms with Crippen molar-refractivity contribution in [3.8, 4) is 11.5 Å². The molecule has 0 bridgehead atoms. The van der Waals surface area contributed by atoms with Crippen LogP contribution in [0.3, 0.4) is 0 Å². The molecule has 2 aliphatic heterocycles. The Bertz CT molecular complexity index is 669. The molecular weight excluding hydrogens is 322 g/mol. The normalized spacial score (nSPS) is 17.2. The van der Waals surface area contributed by atoms with Crippen LogP contribution in [0.1, 0.15) is 18.1 Å². The molecule has 0 N–H and O–H groups in total. The Kier molecular flexibility index (Phi) is 5.01. The molecule has 7 nitrogen and oxygen atoms in total. The third kappa shape index (κ3) is 3.50. The number of fused-ring (bicyclic) bond motifs is 1. The molecule has 3 amide bonds. The van der Waals surface area contributed by atoms with Crippen LogP contribution in [0, 0.1) is 0 Å². The largest absolute Gasteiger partial charge is 0.493 e. The number of amides is 3. The van der Waals surface area contributed by atoms with Gasteiger partial charge < -0.3 is 24.2 Å². The second-order valence-electron chi connectivity index (χ2n) is 6.42. The number of piperazine rings is 1. The van der Waals surface area contributed by atoms with Gasteiger partial charge in [-0.1, -0.05) is 0 Å². The molecule has 2 aliphatic rings. The Balaban J connectivity index is 1.68. The summed E-state index contributed by atoms with van der Waals surface area (Å²) in [6, 6.07) is 4.01. The lowest BCUT2D eigenvalue weighted by molar-refractivity contribution is -0.130. The topological polar surface area (TPSA) is 62.3 Å². The average Bonchev–Trinajstić information content (AvgIpc) is 2.65. The van der Waals surface area contributed by atoms with E-state index < -0.39 is 0 Å². The maximum atomic E-state index is 12.8. The average molecular weight is 347 g/mol. The van der Waals surface area contributed by atoms with E-state index in [0.717, 1.165) is 17.7 Å². The molecule has 25 heavy (non-hydrogen) atoms. The maximum absolute atomic E-state index is 12.8. The van der Waals surface area contributed by atoms with Gasteiger partial charge in [0.2, 0.25) is 5.91 Å². The zero-order valence-electron chi connectivity index (χ0n) is 15.1. The number of hydrogen-bond acceptors (Lipinski definition) is 4. The number of ether oxygens (including phenoxy) is 2. The van der Waals surface area contributed by atoms with E-state index in [9.17, 15) is 9.59 Å². The van der Waals surface area contributed by atoms with Gasteiger partial charge in [0, 0.05) is 46.2 Å². The fourth-order valence-corrected chi connectivity index (χ4v) is 3.46. The number of hydrogen-bond donors (Lipinski definition) is 0. The van der Waals surface area contributed by atoms with Crippen LogP contribution in [0.2, 0.25) is 0 Å². The summed E-state index contributed by atoms with van der Waals surface area (Å²) in [5.41, 5.74) is 2.29. The van der Waals surface area contributed by atoms with Crippen LogP contribution in [-0.2, 0) is 17.8 Å². The Morgan fingerprint density at radius 1 is 0.840 bits per heavy atom. The van der Waals surface area contributed by atoms with Gasteiger partial charge in [0.25, 0.3) is 0 Å². The minimum Gasteiger partial charge on any atom is -0.493 e. The van der Waals surface area contributed by atoms with Gasteiger partial charge in [-0.05, 0) is 29.7 Å². The van der Waals surface area contributed by atoms with Gasteiger partial charge in [-0.2, -0.15) is 0 Å². The summed E-state index contributed by atoms with van der Waals surface area (Å²) in [6.07, 6.45) is 0.800. The van der Waals surface area contributed by atoms with Crippen LogP contribution in [0.5, 0.6) is 11.5 Å².